The number of hydrogen-bond acceptors (Lipinski definition) is 4. The summed E-state index contributed by atoms with van der Waals surface area (Å²) in [6.07, 6.45) is 4.37. The fraction of sp³-hybridized carbons (Fsp3) is 0.571. The molecule has 3 N–H and O–H groups in total. The van der Waals surface area contributed by atoms with Gasteiger partial charge in [0.05, 0.1) is 4.92 Å². The Bertz CT molecular complexity index is 450. The van der Waals surface area contributed by atoms with Gasteiger partial charge in [0.25, 0.3) is 5.69 Å². The highest BCUT2D eigenvalue weighted by molar-refractivity contribution is 5.35. The number of hydrogen-bond donors (Lipinski definition) is 2. The molecule has 5 nitrogen and oxygen atoms in total. The van der Waals surface area contributed by atoms with Gasteiger partial charge >= 0.3 is 0 Å². The lowest BCUT2D eigenvalue weighted by atomic mass is 9.91. The van der Waals surface area contributed by atoms with Crippen LogP contribution < -0.4 is 11.1 Å². The maximum Gasteiger partial charge on any atom is 0.269 e. The molecule has 3 atom stereocenters. The van der Waals surface area contributed by atoms with Crippen LogP contribution in [0.4, 0.5) is 5.69 Å². The van der Waals surface area contributed by atoms with E-state index in [0.717, 1.165) is 31.2 Å². The molecule has 2 rings (SSSR count). The lowest BCUT2D eigenvalue weighted by Crippen LogP contribution is -2.40. The van der Waals surface area contributed by atoms with E-state index in [4.69, 9.17) is 5.73 Å². The lowest BCUT2D eigenvalue weighted by Gasteiger charge is -2.30. The Morgan fingerprint density at radius 1 is 1.47 bits per heavy atom. The topological polar surface area (TPSA) is 81.2 Å². The van der Waals surface area contributed by atoms with Crippen LogP contribution in [0.2, 0.25) is 0 Å². The van der Waals surface area contributed by atoms with Crippen molar-refractivity contribution in [2.45, 2.75) is 50.7 Å². The number of nitro groups is 1. The summed E-state index contributed by atoms with van der Waals surface area (Å²) < 4.78 is 0. The highest BCUT2D eigenvalue weighted by atomic mass is 16.6. The summed E-state index contributed by atoms with van der Waals surface area (Å²) in [5.74, 6) is 0. The first kappa shape index (κ1) is 14.0. The average molecular weight is 263 g/mol. The molecule has 19 heavy (non-hydrogen) atoms. The standard InChI is InChI=1S/C14H21N3O2/c1-10(16-13-6-3-5-12(15)9-13)11-4-2-7-14(8-11)17(18)19/h2,4,7-8,10,12-13,16H,3,5-6,9,15H2,1H3. The molecule has 1 saturated carbocycles. The smallest absolute Gasteiger partial charge is 0.269 e. The number of benzene rings is 1. The molecule has 0 aromatic heterocycles. The SMILES string of the molecule is CC(NC1CCCC(N)C1)c1cccc([N+](=O)[O-])c1. The number of nitro benzene ring substituents is 1. The van der Waals surface area contributed by atoms with Gasteiger partial charge in [-0.15, -0.1) is 0 Å². The number of nitrogens with two attached hydrogens (primary N) is 1. The van der Waals surface area contributed by atoms with Crippen LogP contribution in [-0.4, -0.2) is 17.0 Å². The van der Waals surface area contributed by atoms with Crippen molar-refractivity contribution in [3.63, 3.8) is 0 Å². The average Bonchev–Trinajstić information content (AvgIpc) is 2.39. The van der Waals surface area contributed by atoms with Crippen LogP contribution in [-0.2, 0) is 0 Å². The van der Waals surface area contributed by atoms with E-state index in [0.29, 0.717) is 6.04 Å². The van der Waals surface area contributed by atoms with E-state index in [1.165, 1.54) is 6.07 Å². The molecule has 1 aliphatic rings. The van der Waals surface area contributed by atoms with Crippen molar-refractivity contribution in [1.82, 2.24) is 5.32 Å². The van der Waals surface area contributed by atoms with Gasteiger partial charge in [0, 0.05) is 30.3 Å². The van der Waals surface area contributed by atoms with E-state index >= 15 is 0 Å². The van der Waals surface area contributed by atoms with E-state index in [2.05, 4.69) is 5.32 Å². The quantitative estimate of drug-likeness (QED) is 0.646. The minimum absolute atomic E-state index is 0.107. The van der Waals surface area contributed by atoms with Crippen molar-refractivity contribution in [3.8, 4) is 0 Å². The fourth-order valence-corrected chi connectivity index (χ4v) is 2.74. The zero-order valence-electron chi connectivity index (χ0n) is 11.2. The van der Waals surface area contributed by atoms with Crippen molar-refractivity contribution in [2.75, 3.05) is 0 Å². The van der Waals surface area contributed by atoms with Crippen LogP contribution >= 0.6 is 0 Å². The first-order chi connectivity index (χ1) is 9.06. The van der Waals surface area contributed by atoms with E-state index in [1.54, 1.807) is 12.1 Å². The monoisotopic (exact) mass is 263 g/mol. The summed E-state index contributed by atoms with van der Waals surface area (Å²) in [6, 6.07) is 7.62. The van der Waals surface area contributed by atoms with E-state index < -0.39 is 0 Å². The van der Waals surface area contributed by atoms with Crippen LogP contribution in [0.25, 0.3) is 0 Å². The van der Waals surface area contributed by atoms with Crippen molar-refractivity contribution in [2.24, 2.45) is 5.73 Å². The zero-order valence-corrected chi connectivity index (χ0v) is 11.2. The van der Waals surface area contributed by atoms with Gasteiger partial charge in [0.2, 0.25) is 0 Å². The first-order valence-corrected chi connectivity index (χ1v) is 6.82. The highest BCUT2D eigenvalue weighted by Gasteiger charge is 2.21. The second-order valence-electron chi connectivity index (χ2n) is 5.36. The van der Waals surface area contributed by atoms with Crippen LogP contribution in [0.15, 0.2) is 24.3 Å². The molecule has 0 radical (unpaired) electrons. The predicted octanol–water partition coefficient (Wildman–Crippen LogP) is 2.52. The summed E-state index contributed by atoms with van der Waals surface area (Å²) in [7, 11) is 0. The van der Waals surface area contributed by atoms with Gasteiger partial charge in [0.15, 0.2) is 0 Å². The van der Waals surface area contributed by atoms with Gasteiger partial charge < -0.3 is 11.1 Å². The Morgan fingerprint density at radius 2 is 2.26 bits per heavy atom. The summed E-state index contributed by atoms with van der Waals surface area (Å²) in [4.78, 5) is 10.4. The maximum atomic E-state index is 10.8. The summed E-state index contributed by atoms with van der Waals surface area (Å²) in [5, 5.41) is 14.3. The molecule has 1 aromatic rings. The Labute approximate surface area is 113 Å². The fourth-order valence-electron chi connectivity index (χ4n) is 2.74. The van der Waals surface area contributed by atoms with Crippen molar-refractivity contribution in [3.05, 3.63) is 39.9 Å². The third-order valence-corrected chi connectivity index (χ3v) is 3.78. The van der Waals surface area contributed by atoms with Crippen LogP contribution in [0, 0.1) is 10.1 Å². The third kappa shape index (κ3) is 3.75. The van der Waals surface area contributed by atoms with Crippen LogP contribution in [0.5, 0.6) is 0 Å². The molecule has 0 heterocycles. The molecule has 0 spiro atoms. The largest absolute Gasteiger partial charge is 0.328 e. The van der Waals surface area contributed by atoms with Gasteiger partial charge in [-0.1, -0.05) is 18.6 Å². The normalized spacial score (nSPS) is 24.9. The number of nitrogens with zero attached hydrogens (tertiary/aromatic N) is 1. The predicted molar refractivity (Wildman–Crippen MR) is 74.9 cm³/mol. The molecule has 1 fully saturated rings. The van der Waals surface area contributed by atoms with E-state index in [-0.39, 0.29) is 22.7 Å². The maximum absolute atomic E-state index is 10.8. The molecular formula is C14H21N3O2. The highest BCUT2D eigenvalue weighted by Crippen LogP contribution is 2.23. The van der Waals surface area contributed by atoms with Crippen molar-refractivity contribution >= 4 is 5.69 Å². The molecule has 0 saturated heterocycles. The summed E-state index contributed by atoms with van der Waals surface area (Å²) in [6.45, 7) is 2.04. The Morgan fingerprint density at radius 3 is 2.95 bits per heavy atom. The van der Waals surface area contributed by atoms with Gasteiger partial charge in [-0.3, -0.25) is 10.1 Å². The molecule has 0 aliphatic heterocycles. The molecule has 104 valence electrons. The van der Waals surface area contributed by atoms with Crippen molar-refractivity contribution < 1.29 is 4.92 Å². The number of nitrogens with one attached hydrogen (secondary N) is 1. The Kier molecular flexibility index (Phi) is 4.50. The minimum Gasteiger partial charge on any atom is -0.328 e. The van der Waals surface area contributed by atoms with E-state index in [9.17, 15) is 10.1 Å². The third-order valence-electron chi connectivity index (χ3n) is 3.78. The van der Waals surface area contributed by atoms with Gasteiger partial charge in [0.1, 0.15) is 0 Å². The number of non-ortho nitro benzene ring substituents is 1. The number of rotatable bonds is 4. The minimum atomic E-state index is -0.354. The lowest BCUT2D eigenvalue weighted by molar-refractivity contribution is -0.384. The molecule has 1 aromatic carbocycles. The Balaban J connectivity index is 2.01. The molecule has 0 bridgehead atoms. The second kappa shape index (κ2) is 6.12. The van der Waals surface area contributed by atoms with Crippen LogP contribution in [0.1, 0.15) is 44.2 Å². The first-order valence-electron chi connectivity index (χ1n) is 6.82. The van der Waals surface area contributed by atoms with Gasteiger partial charge in [-0.2, -0.15) is 0 Å². The second-order valence-corrected chi connectivity index (χ2v) is 5.36. The molecule has 3 unspecified atom stereocenters. The van der Waals surface area contributed by atoms with Gasteiger partial charge in [-0.25, -0.2) is 0 Å². The molecular weight excluding hydrogens is 242 g/mol. The molecule has 1 aliphatic carbocycles. The van der Waals surface area contributed by atoms with E-state index in [1.807, 2.05) is 13.0 Å². The summed E-state index contributed by atoms with van der Waals surface area (Å²) >= 11 is 0. The van der Waals surface area contributed by atoms with Gasteiger partial charge in [-0.05, 0) is 31.7 Å². The molecule has 0 amide bonds. The Hall–Kier alpha value is -1.46. The molecule has 5 heteroatoms. The summed E-state index contributed by atoms with van der Waals surface area (Å²) in [5.41, 5.74) is 7.07. The van der Waals surface area contributed by atoms with Crippen LogP contribution in [0.3, 0.4) is 0 Å². The van der Waals surface area contributed by atoms with Crippen molar-refractivity contribution in [1.29, 1.82) is 0 Å². The zero-order chi connectivity index (χ0) is 13.8.